The Morgan fingerprint density at radius 3 is 2.24 bits per heavy atom. The fourth-order valence-corrected chi connectivity index (χ4v) is 5.04. The van der Waals surface area contributed by atoms with Crippen LogP contribution in [0, 0.1) is 0 Å². The van der Waals surface area contributed by atoms with E-state index in [0.717, 1.165) is 53.0 Å². The van der Waals surface area contributed by atoms with Gasteiger partial charge in [-0.25, -0.2) is 4.79 Å². The average Bonchev–Trinajstić information content (AvgIpc) is 3.39. The van der Waals surface area contributed by atoms with Crippen molar-refractivity contribution in [1.29, 1.82) is 0 Å². The van der Waals surface area contributed by atoms with Gasteiger partial charge in [0.25, 0.3) is 0 Å². The number of fused-ring (bicyclic) bond motifs is 2. The number of para-hydroxylation sites is 1. The first kappa shape index (κ1) is 27.7. The van der Waals surface area contributed by atoms with Crippen LogP contribution in [-0.4, -0.2) is 27.8 Å². The molecule has 5 aromatic rings. The van der Waals surface area contributed by atoms with Crippen molar-refractivity contribution >= 4 is 44.9 Å². The highest BCUT2D eigenvalue weighted by Gasteiger charge is 2.21. The Kier molecular flexibility index (Phi) is 8.49. The van der Waals surface area contributed by atoms with Crippen molar-refractivity contribution in [3.63, 3.8) is 0 Å². The lowest BCUT2D eigenvalue weighted by molar-refractivity contribution is -0.140. The number of benzene rings is 4. The van der Waals surface area contributed by atoms with Gasteiger partial charge < -0.3 is 9.40 Å². The van der Waals surface area contributed by atoms with E-state index in [-0.39, 0.29) is 17.3 Å². The molecule has 0 amide bonds. The summed E-state index contributed by atoms with van der Waals surface area (Å²) >= 11 is 0. The molecule has 206 valence electrons. The lowest BCUT2D eigenvalue weighted by Crippen LogP contribution is -2.15. The van der Waals surface area contributed by atoms with Crippen LogP contribution in [0.25, 0.3) is 27.4 Å². The maximum absolute atomic E-state index is 13.7. The van der Waals surface area contributed by atoms with E-state index in [1.165, 1.54) is 6.92 Å². The van der Waals surface area contributed by atoms with E-state index in [1.54, 1.807) is 6.20 Å². The molecule has 1 heterocycles. The standard InChI is InChI=1S/C35H32N2O4/c1-3-4-5-6-14-32(36-41-24(2)38)35(40)31-23-37(33-15-10-9-13-30(31)33)29-20-18-26(19-21-29)34(39)28-17-16-25-11-7-8-12-27(25)22-28/h7-13,15-23H,3-6,14H2,1-2H3/b36-32+. The van der Waals surface area contributed by atoms with Crippen LogP contribution in [-0.2, 0) is 9.63 Å². The molecule has 0 aliphatic carbocycles. The van der Waals surface area contributed by atoms with E-state index >= 15 is 0 Å². The van der Waals surface area contributed by atoms with Crippen LogP contribution >= 0.6 is 0 Å². The Labute approximate surface area is 239 Å². The topological polar surface area (TPSA) is 77.7 Å². The van der Waals surface area contributed by atoms with E-state index in [9.17, 15) is 14.4 Å². The van der Waals surface area contributed by atoms with Crippen molar-refractivity contribution in [3.8, 4) is 5.69 Å². The van der Waals surface area contributed by atoms with E-state index in [1.807, 2.05) is 95.6 Å². The van der Waals surface area contributed by atoms with Gasteiger partial charge in [0.2, 0.25) is 5.78 Å². The van der Waals surface area contributed by atoms with Gasteiger partial charge in [-0.2, -0.15) is 0 Å². The molecule has 1 aromatic heterocycles. The zero-order valence-electron chi connectivity index (χ0n) is 23.3. The molecule has 6 nitrogen and oxygen atoms in total. The van der Waals surface area contributed by atoms with Crippen LogP contribution in [0.5, 0.6) is 0 Å². The molecular formula is C35H32N2O4. The molecule has 0 atom stereocenters. The highest BCUT2D eigenvalue weighted by molar-refractivity contribution is 6.47. The maximum atomic E-state index is 13.7. The Balaban J connectivity index is 1.45. The second-order valence-corrected chi connectivity index (χ2v) is 10.1. The minimum Gasteiger partial charge on any atom is -0.318 e. The first-order valence-corrected chi connectivity index (χ1v) is 14.0. The lowest BCUT2D eigenvalue weighted by atomic mass is 10.00. The number of nitrogens with zero attached hydrogens (tertiary/aromatic N) is 2. The number of oxime groups is 1. The number of aromatic nitrogens is 1. The Morgan fingerprint density at radius 2 is 1.49 bits per heavy atom. The summed E-state index contributed by atoms with van der Waals surface area (Å²) in [6.07, 6.45) is 6.11. The molecular weight excluding hydrogens is 512 g/mol. The van der Waals surface area contributed by atoms with Crippen LogP contribution < -0.4 is 0 Å². The van der Waals surface area contributed by atoms with E-state index in [2.05, 4.69) is 12.1 Å². The minimum absolute atomic E-state index is 0.0510. The second kappa shape index (κ2) is 12.6. The molecule has 0 spiro atoms. The molecule has 5 rings (SSSR count). The average molecular weight is 545 g/mol. The molecule has 6 heteroatoms. The van der Waals surface area contributed by atoms with Crippen LogP contribution in [0.15, 0.2) is 102 Å². The molecule has 0 N–H and O–H groups in total. The summed E-state index contributed by atoms with van der Waals surface area (Å²) in [5.74, 6) is -0.879. The number of carbonyl (C=O) groups is 3. The summed E-state index contributed by atoms with van der Waals surface area (Å²) in [5, 5.41) is 6.82. The fraction of sp³-hybridized carbons (Fsp3) is 0.200. The number of unbranched alkanes of at least 4 members (excludes halogenated alkanes) is 3. The van der Waals surface area contributed by atoms with Crippen molar-refractivity contribution in [2.45, 2.75) is 46.0 Å². The van der Waals surface area contributed by atoms with Crippen molar-refractivity contribution in [1.82, 2.24) is 4.57 Å². The van der Waals surface area contributed by atoms with Gasteiger partial charge in [-0.3, -0.25) is 9.59 Å². The van der Waals surface area contributed by atoms with Gasteiger partial charge in [-0.05, 0) is 60.0 Å². The number of carbonyl (C=O) groups excluding carboxylic acids is 3. The Hall–Kier alpha value is -4.84. The normalized spacial score (nSPS) is 11.6. The molecule has 0 saturated heterocycles. The van der Waals surface area contributed by atoms with Gasteiger partial charge in [0.05, 0.1) is 5.52 Å². The number of hydrogen-bond acceptors (Lipinski definition) is 5. The molecule has 0 unspecified atom stereocenters. The highest BCUT2D eigenvalue weighted by Crippen LogP contribution is 2.27. The first-order chi connectivity index (χ1) is 20.0. The number of Topliss-reactive ketones (excluding diaryl/α,β-unsaturated/α-hetero) is 1. The smallest absolute Gasteiger partial charge is 0.318 e. The molecule has 4 aromatic carbocycles. The summed E-state index contributed by atoms with van der Waals surface area (Å²) in [5.41, 5.74) is 3.60. The summed E-state index contributed by atoms with van der Waals surface area (Å²) in [4.78, 5) is 43.3. The van der Waals surface area contributed by atoms with Crippen LogP contribution in [0.2, 0.25) is 0 Å². The number of ketones is 2. The quantitative estimate of drug-likeness (QED) is 0.0553. The van der Waals surface area contributed by atoms with E-state index in [0.29, 0.717) is 23.1 Å². The summed E-state index contributed by atoms with van der Waals surface area (Å²) < 4.78 is 1.94. The number of hydrogen-bond donors (Lipinski definition) is 0. The molecule has 0 radical (unpaired) electrons. The zero-order chi connectivity index (χ0) is 28.8. The van der Waals surface area contributed by atoms with Gasteiger partial charge in [0.1, 0.15) is 5.71 Å². The minimum atomic E-state index is -0.565. The highest BCUT2D eigenvalue weighted by atomic mass is 16.7. The maximum Gasteiger partial charge on any atom is 0.331 e. The van der Waals surface area contributed by atoms with Crippen LogP contribution in [0.4, 0.5) is 0 Å². The second-order valence-electron chi connectivity index (χ2n) is 10.1. The zero-order valence-corrected chi connectivity index (χ0v) is 23.3. The van der Waals surface area contributed by atoms with E-state index < -0.39 is 5.97 Å². The molecule has 0 bridgehead atoms. The van der Waals surface area contributed by atoms with Crippen LogP contribution in [0.1, 0.15) is 72.2 Å². The van der Waals surface area contributed by atoms with Gasteiger partial charge in [-0.15, -0.1) is 0 Å². The van der Waals surface area contributed by atoms with Crippen molar-refractivity contribution in [3.05, 3.63) is 114 Å². The fourth-order valence-electron chi connectivity index (χ4n) is 5.04. The monoisotopic (exact) mass is 544 g/mol. The third-order valence-corrected chi connectivity index (χ3v) is 7.19. The summed E-state index contributed by atoms with van der Waals surface area (Å²) in [7, 11) is 0. The third kappa shape index (κ3) is 6.17. The number of rotatable bonds is 11. The molecule has 41 heavy (non-hydrogen) atoms. The lowest BCUT2D eigenvalue weighted by Gasteiger charge is -2.08. The molecule has 0 aliphatic rings. The molecule has 0 fully saturated rings. The third-order valence-electron chi connectivity index (χ3n) is 7.19. The predicted molar refractivity (Wildman–Crippen MR) is 163 cm³/mol. The first-order valence-electron chi connectivity index (χ1n) is 14.0. The van der Waals surface area contributed by atoms with Gasteiger partial charge in [0.15, 0.2) is 5.78 Å². The van der Waals surface area contributed by atoms with Gasteiger partial charge in [0, 0.05) is 40.9 Å². The Bertz CT molecular complexity index is 1760. The largest absolute Gasteiger partial charge is 0.331 e. The van der Waals surface area contributed by atoms with Crippen molar-refractivity contribution < 1.29 is 19.2 Å². The van der Waals surface area contributed by atoms with Gasteiger partial charge >= 0.3 is 5.97 Å². The summed E-state index contributed by atoms with van der Waals surface area (Å²) in [6.45, 7) is 3.39. The predicted octanol–water partition coefficient (Wildman–Crippen LogP) is 8.09. The van der Waals surface area contributed by atoms with Crippen molar-refractivity contribution in [2.75, 3.05) is 0 Å². The molecule has 0 saturated carbocycles. The van der Waals surface area contributed by atoms with E-state index in [4.69, 9.17) is 4.84 Å². The Morgan fingerprint density at radius 1 is 0.780 bits per heavy atom. The van der Waals surface area contributed by atoms with Gasteiger partial charge in [-0.1, -0.05) is 85.9 Å². The van der Waals surface area contributed by atoms with Crippen molar-refractivity contribution in [2.24, 2.45) is 5.16 Å². The van der Waals surface area contributed by atoms with Crippen LogP contribution in [0.3, 0.4) is 0 Å². The SMILES string of the molecule is CCCCCC/C(=N\OC(C)=O)C(=O)c1cn(-c2ccc(C(=O)c3ccc4ccccc4c3)cc2)c2ccccc12. The molecule has 0 aliphatic heterocycles. The summed E-state index contributed by atoms with van der Waals surface area (Å²) in [6, 6.07) is 28.7.